The molecule has 2 saturated heterocycles. The molecule has 39 heavy (non-hydrogen) atoms. The number of H-pyrrole nitrogens is 1. The van der Waals surface area contributed by atoms with Crippen LogP contribution in [0.2, 0.25) is 5.02 Å². The first kappa shape index (κ1) is 26.3. The van der Waals surface area contributed by atoms with Gasteiger partial charge in [0.25, 0.3) is 6.01 Å². The van der Waals surface area contributed by atoms with Crippen LogP contribution >= 0.6 is 11.6 Å². The number of aryl methyl sites for hydroxylation is 1. The zero-order valence-corrected chi connectivity index (χ0v) is 22.7. The number of benzene rings is 2. The van der Waals surface area contributed by atoms with Crippen molar-refractivity contribution in [3.63, 3.8) is 0 Å². The largest absolute Gasteiger partial charge is 0.423 e. The second-order valence-corrected chi connectivity index (χ2v) is 11.4. The number of aromatic nitrogens is 2. The summed E-state index contributed by atoms with van der Waals surface area (Å²) in [6.45, 7) is 5.54. The van der Waals surface area contributed by atoms with Gasteiger partial charge in [-0.2, -0.15) is 0 Å². The molecule has 0 bridgehead atoms. The molecule has 3 unspecified atom stereocenters. The van der Waals surface area contributed by atoms with E-state index in [1.165, 1.54) is 28.6 Å². The van der Waals surface area contributed by atoms with Gasteiger partial charge < -0.3 is 24.5 Å². The van der Waals surface area contributed by atoms with E-state index in [0.717, 1.165) is 44.4 Å². The van der Waals surface area contributed by atoms with E-state index in [1.54, 1.807) is 12.3 Å². The van der Waals surface area contributed by atoms with Crippen molar-refractivity contribution in [2.75, 3.05) is 37.6 Å². The summed E-state index contributed by atoms with van der Waals surface area (Å²) >= 11 is 5.91. The number of nitrogens with zero attached hydrogens (tertiary/aromatic N) is 3. The SMILES string of the molecule is Cc1cccc2c(C3CCN(CC(O)C4CCN(c5ncc(-c6ccc(F)c(Cl)c6)o5)CC4)CC3O)c[nH]c12. The Morgan fingerprint density at radius 3 is 2.77 bits per heavy atom. The third-order valence-corrected chi connectivity index (χ3v) is 8.81. The van der Waals surface area contributed by atoms with E-state index in [4.69, 9.17) is 16.0 Å². The quantitative estimate of drug-likeness (QED) is 0.299. The average Bonchev–Trinajstić information content (AvgIpc) is 3.59. The lowest BCUT2D eigenvalue weighted by Gasteiger charge is -2.39. The zero-order valence-electron chi connectivity index (χ0n) is 22.0. The maximum atomic E-state index is 13.5. The minimum atomic E-state index is -0.470. The first-order valence-corrected chi connectivity index (χ1v) is 14.1. The highest BCUT2D eigenvalue weighted by atomic mass is 35.5. The van der Waals surface area contributed by atoms with Gasteiger partial charge in [-0.3, -0.25) is 4.90 Å². The Morgan fingerprint density at radius 2 is 2.00 bits per heavy atom. The molecular weight excluding hydrogens is 519 g/mol. The van der Waals surface area contributed by atoms with Crippen LogP contribution in [0.25, 0.3) is 22.2 Å². The van der Waals surface area contributed by atoms with Crippen molar-refractivity contribution >= 4 is 28.5 Å². The zero-order chi connectivity index (χ0) is 27.1. The molecule has 0 saturated carbocycles. The number of aliphatic hydroxyl groups excluding tert-OH is 2. The van der Waals surface area contributed by atoms with Crippen molar-refractivity contribution in [2.24, 2.45) is 5.92 Å². The minimum Gasteiger partial charge on any atom is -0.423 e. The Balaban J connectivity index is 1.01. The highest BCUT2D eigenvalue weighted by Gasteiger charge is 2.34. The fraction of sp³-hybridized carbons (Fsp3) is 0.433. The third-order valence-electron chi connectivity index (χ3n) is 8.52. The van der Waals surface area contributed by atoms with Crippen molar-refractivity contribution in [3.05, 3.63) is 70.8 Å². The van der Waals surface area contributed by atoms with Crippen molar-refractivity contribution in [2.45, 2.75) is 44.3 Å². The van der Waals surface area contributed by atoms with Crippen LogP contribution in [0, 0.1) is 18.7 Å². The highest BCUT2D eigenvalue weighted by Crippen LogP contribution is 2.35. The summed E-state index contributed by atoms with van der Waals surface area (Å²) in [6, 6.07) is 11.3. The molecule has 2 fully saturated rings. The summed E-state index contributed by atoms with van der Waals surface area (Å²) in [4.78, 5) is 12.1. The van der Waals surface area contributed by atoms with Crippen LogP contribution in [-0.4, -0.2) is 70.0 Å². The first-order valence-electron chi connectivity index (χ1n) is 13.7. The summed E-state index contributed by atoms with van der Waals surface area (Å²) < 4.78 is 19.4. The number of hydrogen-bond donors (Lipinski definition) is 3. The van der Waals surface area contributed by atoms with E-state index in [0.29, 0.717) is 30.4 Å². The molecule has 3 atom stereocenters. The third kappa shape index (κ3) is 5.31. The Bertz CT molecular complexity index is 1450. The van der Waals surface area contributed by atoms with E-state index >= 15 is 0 Å². The normalized spacial score (nSPS) is 22.0. The van der Waals surface area contributed by atoms with E-state index in [-0.39, 0.29) is 16.9 Å². The number of β-amino-alcohol motifs (C(OH)–C–C–N with tert-alkyl or cyclic N) is 2. The molecule has 4 heterocycles. The van der Waals surface area contributed by atoms with Crippen LogP contribution in [0.15, 0.2) is 53.2 Å². The Hall–Kier alpha value is -2.91. The maximum Gasteiger partial charge on any atom is 0.297 e. The molecule has 206 valence electrons. The maximum absolute atomic E-state index is 13.5. The summed E-state index contributed by atoms with van der Waals surface area (Å²) in [5.74, 6) is 0.342. The van der Waals surface area contributed by atoms with Gasteiger partial charge in [0, 0.05) is 54.8 Å². The van der Waals surface area contributed by atoms with E-state index in [2.05, 4.69) is 51.1 Å². The molecular formula is C30H34ClFN4O3. The number of nitrogens with one attached hydrogen (secondary N) is 1. The highest BCUT2D eigenvalue weighted by molar-refractivity contribution is 6.31. The van der Waals surface area contributed by atoms with E-state index < -0.39 is 18.0 Å². The number of fused-ring (bicyclic) bond motifs is 1. The number of piperidine rings is 2. The molecule has 0 spiro atoms. The van der Waals surface area contributed by atoms with Gasteiger partial charge in [-0.25, -0.2) is 9.37 Å². The second kappa shape index (κ2) is 10.9. The summed E-state index contributed by atoms with van der Waals surface area (Å²) in [5.41, 5.74) is 4.22. The first-order chi connectivity index (χ1) is 18.9. The molecule has 9 heteroatoms. The molecule has 2 aromatic carbocycles. The van der Waals surface area contributed by atoms with Crippen LogP contribution in [0.4, 0.5) is 10.4 Å². The number of hydrogen-bond acceptors (Lipinski definition) is 6. The van der Waals surface area contributed by atoms with Gasteiger partial charge in [-0.1, -0.05) is 29.8 Å². The Morgan fingerprint density at radius 1 is 1.18 bits per heavy atom. The fourth-order valence-electron chi connectivity index (χ4n) is 6.24. The molecule has 6 rings (SSSR count). The van der Waals surface area contributed by atoms with Gasteiger partial charge >= 0.3 is 0 Å². The van der Waals surface area contributed by atoms with Gasteiger partial charge in [0.05, 0.1) is 23.4 Å². The van der Waals surface area contributed by atoms with E-state index in [9.17, 15) is 14.6 Å². The van der Waals surface area contributed by atoms with Gasteiger partial charge in [0.2, 0.25) is 0 Å². The van der Waals surface area contributed by atoms with Crippen LogP contribution < -0.4 is 4.90 Å². The van der Waals surface area contributed by atoms with Crippen LogP contribution in [0.1, 0.15) is 36.3 Å². The summed E-state index contributed by atoms with van der Waals surface area (Å²) in [6.07, 6.45) is 5.28. The van der Waals surface area contributed by atoms with Crippen molar-refractivity contribution in [1.29, 1.82) is 0 Å². The predicted molar refractivity (Wildman–Crippen MR) is 151 cm³/mol. The molecule has 4 aromatic rings. The van der Waals surface area contributed by atoms with Crippen molar-refractivity contribution in [1.82, 2.24) is 14.9 Å². The van der Waals surface area contributed by atoms with Crippen LogP contribution in [0.3, 0.4) is 0 Å². The Labute approximate surface area is 232 Å². The number of anilines is 1. The lowest BCUT2D eigenvalue weighted by Crippen LogP contribution is -2.48. The molecule has 7 nitrogen and oxygen atoms in total. The number of aliphatic hydroxyl groups is 2. The Kier molecular flexibility index (Phi) is 7.37. The molecule has 2 aliphatic rings. The topological polar surface area (TPSA) is 88.8 Å². The second-order valence-electron chi connectivity index (χ2n) is 11.0. The smallest absolute Gasteiger partial charge is 0.297 e. The van der Waals surface area contributed by atoms with Crippen LogP contribution in [-0.2, 0) is 0 Å². The molecule has 3 N–H and O–H groups in total. The van der Waals surface area contributed by atoms with Gasteiger partial charge in [0.1, 0.15) is 5.82 Å². The number of likely N-dealkylation sites (tertiary alicyclic amines) is 1. The average molecular weight is 553 g/mol. The number of rotatable bonds is 6. The van der Waals surface area contributed by atoms with E-state index in [1.807, 2.05) is 0 Å². The fourth-order valence-corrected chi connectivity index (χ4v) is 6.42. The van der Waals surface area contributed by atoms with Gasteiger partial charge in [-0.15, -0.1) is 0 Å². The number of aromatic amines is 1. The van der Waals surface area contributed by atoms with Gasteiger partial charge in [0.15, 0.2) is 5.76 Å². The monoisotopic (exact) mass is 552 g/mol. The predicted octanol–water partition coefficient (Wildman–Crippen LogP) is 5.35. The number of oxazole rings is 1. The van der Waals surface area contributed by atoms with Crippen LogP contribution in [0.5, 0.6) is 0 Å². The number of para-hydroxylation sites is 1. The molecule has 2 aliphatic heterocycles. The summed E-state index contributed by atoms with van der Waals surface area (Å²) in [5, 5.41) is 23.4. The van der Waals surface area contributed by atoms with Gasteiger partial charge in [-0.05, 0) is 68.0 Å². The molecule has 0 amide bonds. The molecule has 0 aliphatic carbocycles. The standard InChI is InChI=1S/C30H34ClFN4O3/c1-18-3-2-4-22-23(14-33-29(18)22)21-9-10-35(17-27(21)38)16-26(37)19-7-11-36(12-8-19)30-34-15-28(39-30)20-5-6-25(32)24(31)13-20/h2-6,13-15,19,21,26-27,33,37-38H,7-12,16-17H2,1H3. The molecule has 0 radical (unpaired) electrons. The number of halogens is 2. The van der Waals surface area contributed by atoms with Crippen molar-refractivity contribution in [3.8, 4) is 11.3 Å². The van der Waals surface area contributed by atoms with Crippen molar-refractivity contribution < 1.29 is 19.0 Å². The lowest BCUT2D eigenvalue weighted by molar-refractivity contribution is 0.00593. The molecule has 2 aromatic heterocycles. The summed E-state index contributed by atoms with van der Waals surface area (Å²) in [7, 11) is 0. The lowest BCUT2D eigenvalue weighted by atomic mass is 9.85. The minimum absolute atomic E-state index is 0.0463.